The molecular formula is C25H27BrN2O3. The maximum absolute atomic E-state index is 12.2. The van der Waals surface area contributed by atoms with E-state index in [0.29, 0.717) is 24.6 Å². The first-order valence-electron chi connectivity index (χ1n) is 10.1. The summed E-state index contributed by atoms with van der Waals surface area (Å²) in [5.41, 5.74) is 3.32. The SMILES string of the molecule is COc1cc(CNC(C)c2ccccc2)cc(Br)c1OCC(=O)NCc1ccccc1. The summed E-state index contributed by atoms with van der Waals surface area (Å²) in [7, 11) is 1.59. The molecule has 0 heterocycles. The van der Waals surface area contributed by atoms with Crippen molar-refractivity contribution in [2.75, 3.05) is 13.7 Å². The monoisotopic (exact) mass is 482 g/mol. The Hall–Kier alpha value is -2.83. The molecule has 0 aromatic heterocycles. The number of methoxy groups -OCH3 is 1. The normalized spacial score (nSPS) is 11.6. The van der Waals surface area contributed by atoms with E-state index in [-0.39, 0.29) is 18.6 Å². The Morgan fingerprint density at radius 2 is 1.65 bits per heavy atom. The lowest BCUT2D eigenvalue weighted by molar-refractivity contribution is -0.123. The Kier molecular flexibility index (Phi) is 8.50. The van der Waals surface area contributed by atoms with Crippen molar-refractivity contribution in [3.63, 3.8) is 0 Å². The lowest BCUT2D eigenvalue weighted by atomic mass is 10.1. The van der Waals surface area contributed by atoms with Crippen LogP contribution in [0.3, 0.4) is 0 Å². The number of hydrogen-bond donors (Lipinski definition) is 2. The highest BCUT2D eigenvalue weighted by Crippen LogP contribution is 2.36. The summed E-state index contributed by atoms with van der Waals surface area (Å²) in [5, 5.41) is 6.37. The van der Waals surface area contributed by atoms with E-state index in [0.717, 1.165) is 15.6 Å². The summed E-state index contributed by atoms with van der Waals surface area (Å²) >= 11 is 3.55. The average molecular weight is 483 g/mol. The minimum atomic E-state index is -0.194. The molecule has 0 bridgehead atoms. The smallest absolute Gasteiger partial charge is 0.258 e. The van der Waals surface area contributed by atoms with Gasteiger partial charge in [-0.3, -0.25) is 4.79 Å². The first kappa shape index (κ1) is 22.8. The van der Waals surface area contributed by atoms with Crippen molar-refractivity contribution in [3.8, 4) is 11.5 Å². The molecule has 2 N–H and O–H groups in total. The molecule has 1 amide bonds. The fourth-order valence-corrected chi connectivity index (χ4v) is 3.74. The van der Waals surface area contributed by atoms with Crippen molar-refractivity contribution in [1.82, 2.24) is 10.6 Å². The van der Waals surface area contributed by atoms with Crippen LogP contribution in [0.4, 0.5) is 0 Å². The quantitative estimate of drug-likeness (QED) is 0.426. The largest absolute Gasteiger partial charge is 0.493 e. The van der Waals surface area contributed by atoms with E-state index < -0.39 is 0 Å². The summed E-state index contributed by atoms with van der Waals surface area (Å²) in [5.74, 6) is 0.895. The number of amides is 1. The maximum atomic E-state index is 12.2. The number of benzene rings is 3. The highest BCUT2D eigenvalue weighted by Gasteiger charge is 2.14. The van der Waals surface area contributed by atoms with E-state index in [1.54, 1.807) is 7.11 Å². The topological polar surface area (TPSA) is 59.6 Å². The molecular weight excluding hydrogens is 456 g/mol. The molecule has 0 radical (unpaired) electrons. The van der Waals surface area contributed by atoms with E-state index in [1.165, 1.54) is 5.56 Å². The minimum Gasteiger partial charge on any atom is -0.493 e. The Balaban J connectivity index is 1.56. The van der Waals surface area contributed by atoms with Gasteiger partial charge >= 0.3 is 0 Å². The van der Waals surface area contributed by atoms with E-state index in [2.05, 4.69) is 45.6 Å². The zero-order valence-electron chi connectivity index (χ0n) is 17.7. The van der Waals surface area contributed by atoms with Crippen LogP contribution in [-0.4, -0.2) is 19.6 Å². The third kappa shape index (κ3) is 6.84. The van der Waals surface area contributed by atoms with Crippen LogP contribution in [-0.2, 0) is 17.9 Å². The van der Waals surface area contributed by atoms with Gasteiger partial charge in [0.05, 0.1) is 11.6 Å². The highest BCUT2D eigenvalue weighted by atomic mass is 79.9. The van der Waals surface area contributed by atoms with Gasteiger partial charge in [0.15, 0.2) is 18.1 Å². The highest BCUT2D eigenvalue weighted by molar-refractivity contribution is 9.10. The molecule has 0 aliphatic carbocycles. The number of nitrogens with one attached hydrogen (secondary N) is 2. The Morgan fingerprint density at radius 3 is 2.32 bits per heavy atom. The first-order chi connectivity index (χ1) is 15.1. The zero-order valence-corrected chi connectivity index (χ0v) is 19.3. The molecule has 0 aliphatic heterocycles. The average Bonchev–Trinajstić information content (AvgIpc) is 2.81. The van der Waals surface area contributed by atoms with Gasteiger partial charge in [-0.05, 0) is 51.7 Å². The molecule has 0 saturated heterocycles. The summed E-state index contributed by atoms with van der Waals surface area (Å²) in [6.45, 7) is 3.17. The second-order valence-corrected chi connectivity index (χ2v) is 8.03. The molecule has 162 valence electrons. The van der Waals surface area contributed by atoms with E-state index >= 15 is 0 Å². The summed E-state index contributed by atoms with van der Waals surface area (Å²) in [4.78, 5) is 12.2. The van der Waals surface area contributed by atoms with Gasteiger partial charge in [0.2, 0.25) is 0 Å². The van der Waals surface area contributed by atoms with Crippen molar-refractivity contribution in [1.29, 1.82) is 0 Å². The second-order valence-electron chi connectivity index (χ2n) is 7.17. The summed E-state index contributed by atoms with van der Waals surface area (Å²) < 4.78 is 12.0. The van der Waals surface area contributed by atoms with Crippen LogP contribution >= 0.6 is 15.9 Å². The van der Waals surface area contributed by atoms with Crippen molar-refractivity contribution in [2.45, 2.75) is 26.1 Å². The summed E-state index contributed by atoms with van der Waals surface area (Å²) in [6, 6.07) is 24.2. The van der Waals surface area contributed by atoms with Crippen molar-refractivity contribution in [2.24, 2.45) is 0 Å². The predicted molar refractivity (Wildman–Crippen MR) is 126 cm³/mol. The number of halogens is 1. The minimum absolute atomic E-state index is 0.0928. The predicted octanol–water partition coefficient (Wildman–Crippen LogP) is 5.00. The van der Waals surface area contributed by atoms with Crippen molar-refractivity contribution >= 4 is 21.8 Å². The van der Waals surface area contributed by atoms with Crippen LogP contribution in [0.5, 0.6) is 11.5 Å². The third-order valence-corrected chi connectivity index (χ3v) is 5.47. The molecule has 3 aromatic rings. The van der Waals surface area contributed by atoms with E-state index in [1.807, 2.05) is 60.7 Å². The molecule has 0 fully saturated rings. The van der Waals surface area contributed by atoms with Gasteiger partial charge < -0.3 is 20.1 Å². The van der Waals surface area contributed by atoms with Gasteiger partial charge in [-0.15, -0.1) is 0 Å². The molecule has 0 saturated carbocycles. The lowest BCUT2D eigenvalue weighted by Gasteiger charge is -2.17. The van der Waals surface area contributed by atoms with Crippen LogP contribution in [0.15, 0.2) is 77.3 Å². The Bertz CT molecular complexity index is 981. The Labute approximate surface area is 191 Å². The standard InChI is InChI=1S/C25H27BrN2O3/c1-18(21-11-7-4-8-12-21)27-16-20-13-22(26)25(23(14-20)30-2)31-17-24(29)28-15-19-9-5-3-6-10-19/h3-14,18,27H,15-17H2,1-2H3,(H,28,29). The van der Waals surface area contributed by atoms with Gasteiger partial charge in [-0.25, -0.2) is 0 Å². The first-order valence-corrected chi connectivity index (χ1v) is 10.9. The van der Waals surface area contributed by atoms with Crippen molar-refractivity contribution in [3.05, 3.63) is 94.0 Å². The van der Waals surface area contributed by atoms with Gasteiger partial charge in [0.25, 0.3) is 5.91 Å². The van der Waals surface area contributed by atoms with Crippen LogP contribution < -0.4 is 20.1 Å². The molecule has 3 rings (SSSR count). The fourth-order valence-electron chi connectivity index (χ4n) is 3.13. The molecule has 0 aliphatic rings. The zero-order chi connectivity index (χ0) is 22.1. The maximum Gasteiger partial charge on any atom is 0.258 e. The van der Waals surface area contributed by atoms with E-state index in [9.17, 15) is 4.79 Å². The van der Waals surface area contributed by atoms with Gasteiger partial charge in [-0.2, -0.15) is 0 Å². The number of rotatable bonds is 10. The van der Waals surface area contributed by atoms with Crippen molar-refractivity contribution < 1.29 is 14.3 Å². The van der Waals surface area contributed by atoms with E-state index in [4.69, 9.17) is 9.47 Å². The van der Waals surface area contributed by atoms with Gasteiger partial charge in [0.1, 0.15) is 0 Å². The van der Waals surface area contributed by atoms with Crippen LogP contribution in [0.25, 0.3) is 0 Å². The number of hydrogen-bond acceptors (Lipinski definition) is 4. The van der Waals surface area contributed by atoms with Gasteiger partial charge in [-0.1, -0.05) is 60.7 Å². The molecule has 5 nitrogen and oxygen atoms in total. The van der Waals surface area contributed by atoms with Gasteiger partial charge in [0, 0.05) is 19.1 Å². The Morgan fingerprint density at radius 1 is 0.968 bits per heavy atom. The fraction of sp³-hybridized carbons (Fsp3) is 0.240. The number of carbonyl (C=O) groups is 1. The van der Waals surface area contributed by atoms with Crippen LogP contribution in [0, 0.1) is 0 Å². The number of carbonyl (C=O) groups excluding carboxylic acids is 1. The molecule has 3 aromatic carbocycles. The second kappa shape index (κ2) is 11.5. The third-order valence-electron chi connectivity index (χ3n) is 4.88. The van der Waals surface area contributed by atoms with Crippen LogP contribution in [0.1, 0.15) is 29.7 Å². The molecule has 1 atom stereocenters. The molecule has 31 heavy (non-hydrogen) atoms. The lowest BCUT2D eigenvalue weighted by Crippen LogP contribution is -2.28. The molecule has 0 spiro atoms. The number of ether oxygens (including phenoxy) is 2. The molecule has 1 unspecified atom stereocenters. The summed E-state index contributed by atoms with van der Waals surface area (Å²) in [6.07, 6.45) is 0. The van der Waals surface area contributed by atoms with Crippen LogP contribution in [0.2, 0.25) is 0 Å². The molecule has 6 heteroatoms.